The van der Waals surface area contributed by atoms with E-state index in [0.717, 1.165) is 14.2 Å². The molecular weight excluding hydrogens is 280 g/mol. The van der Waals surface area contributed by atoms with E-state index in [1.807, 2.05) is 0 Å². The number of carbonyl (C=O) groups excluding carboxylic acids is 2. The maximum atomic E-state index is 11.4. The summed E-state index contributed by atoms with van der Waals surface area (Å²) < 4.78 is 8.87. The summed E-state index contributed by atoms with van der Waals surface area (Å²) in [6, 6.07) is 2.38. The number of rotatable bonds is 4. The summed E-state index contributed by atoms with van der Waals surface area (Å²) in [5, 5.41) is 27.9. The second-order valence-corrected chi connectivity index (χ2v) is 3.83. The molecule has 0 spiro atoms. The molecule has 0 heterocycles. The Kier molecular flexibility index (Phi) is 5.36. The third-order valence-corrected chi connectivity index (χ3v) is 2.45. The molecule has 0 unspecified atom stereocenters. The van der Waals surface area contributed by atoms with Crippen LogP contribution in [0, 0.1) is 0 Å². The van der Waals surface area contributed by atoms with Crippen molar-refractivity contribution in [3.05, 3.63) is 35.4 Å². The molecule has 112 valence electrons. The first-order chi connectivity index (χ1) is 9.90. The van der Waals surface area contributed by atoms with Gasteiger partial charge in [-0.05, 0) is 23.8 Å². The average molecular weight is 294 g/mol. The Morgan fingerprint density at radius 3 is 1.90 bits per heavy atom. The molecule has 21 heavy (non-hydrogen) atoms. The van der Waals surface area contributed by atoms with Gasteiger partial charge in [-0.25, -0.2) is 9.59 Å². The number of ether oxygens (including phenoxy) is 2. The highest BCUT2D eigenvalue weighted by Crippen LogP contribution is 2.35. The predicted octanol–water partition coefficient (Wildman–Crippen LogP) is 1.09. The van der Waals surface area contributed by atoms with E-state index in [2.05, 4.69) is 9.47 Å². The number of benzene rings is 1. The van der Waals surface area contributed by atoms with Crippen molar-refractivity contribution < 1.29 is 34.4 Å². The van der Waals surface area contributed by atoms with Gasteiger partial charge in [-0.15, -0.1) is 0 Å². The molecule has 1 aromatic rings. The molecule has 0 radical (unpaired) electrons. The minimum absolute atomic E-state index is 0.316. The van der Waals surface area contributed by atoms with Crippen molar-refractivity contribution in [1.82, 2.24) is 0 Å². The molecule has 0 amide bonds. The van der Waals surface area contributed by atoms with E-state index in [9.17, 15) is 24.9 Å². The Morgan fingerprint density at radius 1 is 1.00 bits per heavy atom. The summed E-state index contributed by atoms with van der Waals surface area (Å²) in [7, 11) is 2.25. The summed E-state index contributed by atoms with van der Waals surface area (Å²) in [6.45, 7) is 0. The van der Waals surface area contributed by atoms with E-state index in [0.29, 0.717) is 5.56 Å². The summed E-state index contributed by atoms with van der Waals surface area (Å²) in [5.74, 6) is -3.35. The van der Waals surface area contributed by atoms with Gasteiger partial charge in [-0.3, -0.25) is 0 Å². The summed E-state index contributed by atoms with van der Waals surface area (Å²) in [4.78, 5) is 22.7. The zero-order chi connectivity index (χ0) is 16.0. The second-order valence-electron chi connectivity index (χ2n) is 3.83. The number of hydrogen-bond donors (Lipinski definition) is 3. The fourth-order valence-electron chi connectivity index (χ4n) is 1.42. The van der Waals surface area contributed by atoms with Crippen LogP contribution in [0.25, 0.3) is 6.08 Å². The number of phenolic OH excluding ortho intramolecular Hbond substituents is 3. The van der Waals surface area contributed by atoms with E-state index in [1.165, 1.54) is 30.4 Å². The van der Waals surface area contributed by atoms with Gasteiger partial charge >= 0.3 is 11.9 Å². The van der Waals surface area contributed by atoms with Gasteiger partial charge < -0.3 is 24.8 Å². The molecular formula is C14H14O7. The van der Waals surface area contributed by atoms with Gasteiger partial charge in [0.2, 0.25) is 0 Å². The van der Waals surface area contributed by atoms with E-state index in [4.69, 9.17) is 0 Å². The van der Waals surface area contributed by atoms with Crippen molar-refractivity contribution in [1.29, 1.82) is 0 Å². The van der Waals surface area contributed by atoms with Gasteiger partial charge in [-0.2, -0.15) is 0 Å². The van der Waals surface area contributed by atoms with Crippen molar-refractivity contribution in [3.8, 4) is 17.2 Å². The highest BCUT2D eigenvalue weighted by atomic mass is 16.5. The van der Waals surface area contributed by atoms with E-state index < -0.39 is 29.2 Å². The molecule has 0 atom stereocenters. The first kappa shape index (κ1) is 16.1. The van der Waals surface area contributed by atoms with E-state index in [-0.39, 0.29) is 5.57 Å². The number of hydrogen-bond acceptors (Lipinski definition) is 7. The van der Waals surface area contributed by atoms with Crippen LogP contribution in [-0.2, 0) is 19.1 Å². The van der Waals surface area contributed by atoms with Crippen molar-refractivity contribution in [2.45, 2.75) is 0 Å². The smallest absolute Gasteiger partial charge is 0.345 e. The topological polar surface area (TPSA) is 113 Å². The van der Waals surface area contributed by atoms with Gasteiger partial charge in [0.25, 0.3) is 0 Å². The van der Waals surface area contributed by atoms with Crippen LogP contribution in [-0.4, -0.2) is 41.5 Å². The largest absolute Gasteiger partial charge is 0.504 e. The van der Waals surface area contributed by atoms with Gasteiger partial charge in [0.15, 0.2) is 17.2 Å². The SMILES string of the molecule is COC(=O)C(=CC=Cc1cc(O)c(O)c(O)c1)C(=O)OC. The maximum absolute atomic E-state index is 11.4. The normalized spacial score (nSPS) is 10.2. The highest BCUT2D eigenvalue weighted by molar-refractivity contribution is 6.14. The number of carbonyl (C=O) groups is 2. The minimum atomic E-state index is -0.858. The lowest BCUT2D eigenvalue weighted by molar-refractivity contribution is -0.144. The van der Waals surface area contributed by atoms with Gasteiger partial charge in [0.05, 0.1) is 14.2 Å². The fourth-order valence-corrected chi connectivity index (χ4v) is 1.42. The number of phenols is 3. The fraction of sp³-hybridized carbons (Fsp3) is 0.143. The molecule has 0 aromatic heterocycles. The lowest BCUT2D eigenvalue weighted by atomic mass is 10.1. The second kappa shape index (κ2) is 6.99. The van der Waals surface area contributed by atoms with Crippen molar-refractivity contribution in [2.24, 2.45) is 0 Å². The lowest BCUT2D eigenvalue weighted by Gasteiger charge is -2.02. The standard InChI is InChI=1S/C14H14O7/c1-20-13(18)9(14(19)21-2)5-3-4-8-6-10(15)12(17)11(16)7-8/h3-7,15-17H,1-2H3. The molecule has 0 aliphatic heterocycles. The molecule has 0 saturated heterocycles. The molecule has 0 bridgehead atoms. The van der Waals surface area contributed by atoms with Crippen LogP contribution in [0.2, 0.25) is 0 Å². The van der Waals surface area contributed by atoms with Crippen LogP contribution >= 0.6 is 0 Å². The van der Waals surface area contributed by atoms with E-state index >= 15 is 0 Å². The number of allylic oxidation sites excluding steroid dienone is 2. The van der Waals surface area contributed by atoms with Crippen LogP contribution in [0.5, 0.6) is 17.2 Å². The van der Waals surface area contributed by atoms with Gasteiger partial charge in [0, 0.05) is 0 Å². The molecule has 0 fully saturated rings. The summed E-state index contributed by atoms with van der Waals surface area (Å²) in [5.41, 5.74) is 0.0246. The average Bonchev–Trinajstić information content (AvgIpc) is 2.47. The number of methoxy groups -OCH3 is 2. The minimum Gasteiger partial charge on any atom is -0.504 e. The van der Waals surface area contributed by atoms with Gasteiger partial charge in [0.1, 0.15) is 5.57 Å². The predicted molar refractivity (Wildman–Crippen MR) is 72.6 cm³/mol. The molecule has 3 N–H and O–H groups in total. The third kappa shape index (κ3) is 4.00. The quantitative estimate of drug-likeness (QED) is 0.190. The number of esters is 2. The van der Waals surface area contributed by atoms with Crippen LogP contribution in [0.15, 0.2) is 29.9 Å². The molecule has 0 aliphatic rings. The third-order valence-electron chi connectivity index (χ3n) is 2.45. The van der Waals surface area contributed by atoms with Crippen LogP contribution in [0.1, 0.15) is 5.56 Å². The van der Waals surface area contributed by atoms with Crippen LogP contribution in [0.4, 0.5) is 0 Å². The van der Waals surface area contributed by atoms with Crippen molar-refractivity contribution in [2.75, 3.05) is 14.2 Å². The number of aromatic hydroxyl groups is 3. The molecule has 7 heteroatoms. The first-order valence-electron chi connectivity index (χ1n) is 5.70. The molecule has 0 saturated carbocycles. The zero-order valence-electron chi connectivity index (χ0n) is 11.4. The first-order valence-corrected chi connectivity index (χ1v) is 5.70. The van der Waals surface area contributed by atoms with Gasteiger partial charge in [-0.1, -0.05) is 12.2 Å². The molecule has 1 aromatic carbocycles. The Hall–Kier alpha value is -2.96. The molecule has 0 aliphatic carbocycles. The monoisotopic (exact) mass is 294 g/mol. The Balaban J connectivity index is 3.05. The molecule has 1 rings (SSSR count). The van der Waals surface area contributed by atoms with Crippen molar-refractivity contribution in [3.63, 3.8) is 0 Å². The molecule has 7 nitrogen and oxygen atoms in total. The Morgan fingerprint density at radius 2 is 1.48 bits per heavy atom. The Labute approximate surface area is 120 Å². The maximum Gasteiger partial charge on any atom is 0.345 e. The van der Waals surface area contributed by atoms with Crippen molar-refractivity contribution >= 4 is 18.0 Å². The zero-order valence-corrected chi connectivity index (χ0v) is 11.4. The summed E-state index contributed by atoms with van der Waals surface area (Å²) in [6.07, 6.45) is 3.89. The van der Waals surface area contributed by atoms with Crippen LogP contribution in [0.3, 0.4) is 0 Å². The van der Waals surface area contributed by atoms with E-state index in [1.54, 1.807) is 0 Å². The highest BCUT2D eigenvalue weighted by Gasteiger charge is 2.18. The Bertz CT molecular complexity index is 573. The summed E-state index contributed by atoms with van der Waals surface area (Å²) >= 11 is 0. The lowest BCUT2D eigenvalue weighted by Crippen LogP contribution is -2.15. The van der Waals surface area contributed by atoms with Crippen LogP contribution < -0.4 is 0 Å².